The Morgan fingerprint density at radius 2 is 2.11 bits per heavy atom. The molecule has 0 heterocycles. The molecule has 0 radical (unpaired) electrons. The van der Waals surface area contributed by atoms with Gasteiger partial charge in [0, 0.05) is 13.2 Å². The van der Waals surface area contributed by atoms with Crippen LogP contribution in [0.5, 0.6) is 5.75 Å². The number of methoxy groups -OCH3 is 1. The van der Waals surface area contributed by atoms with E-state index in [2.05, 4.69) is 4.74 Å². The second-order valence-corrected chi connectivity index (χ2v) is 3.60. The fraction of sp³-hybridized carbons (Fsp3) is 0.333. The van der Waals surface area contributed by atoms with Gasteiger partial charge < -0.3 is 14.6 Å². The number of benzene rings is 1. The molecule has 0 saturated heterocycles. The van der Waals surface area contributed by atoms with Crippen molar-refractivity contribution < 1.29 is 28.6 Å². The maximum absolute atomic E-state index is 13.5. The standard InChI is InChI=1S/C12H13FO5/c1-7(14)9-4-3-8(5-10(9)13)18-11(6-17-2)12(15)16/h3-5,11H,6H2,1-2H3,(H,15,16). The Hall–Kier alpha value is -1.95. The molecule has 1 unspecified atom stereocenters. The molecule has 0 aliphatic carbocycles. The molecule has 6 heteroatoms. The smallest absolute Gasteiger partial charge is 0.347 e. The zero-order valence-corrected chi connectivity index (χ0v) is 9.97. The topological polar surface area (TPSA) is 72.8 Å². The molecule has 18 heavy (non-hydrogen) atoms. The highest BCUT2D eigenvalue weighted by atomic mass is 19.1. The van der Waals surface area contributed by atoms with Crippen molar-refractivity contribution in [1.29, 1.82) is 0 Å². The van der Waals surface area contributed by atoms with Gasteiger partial charge in [-0.15, -0.1) is 0 Å². The van der Waals surface area contributed by atoms with Crippen LogP contribution in [0.1, 0.15) is 17.3 Å². The third kappa shape index (κ3) is 3.53. The van der Waals surface area contributed by atoms with Crippen LogP contribution >= 0.6 is 0 Å². The van der Waals surface area contributed by atoms with Crippen LogP contribution in [0.15, 0.2) is 18.2 Å². The van der Waals surface area contributed by atoms with Crippen molar-refractivity contribution in [3.63, 3.8) is 0 Å². The fourth-order valence-corrected chi connectivity index (χ4v) is 1.33. The van der Waals surface area contributed by atoms with Gasteiger partial charge in [0.1, 0.15) is 11.6 Å². The van der Waals surface area contributed by atoms with Gasteiger partial charge in [-0.2, -0.15) is 0 Å². The van der Waals surface area contributed by atoms with Crippen LogP contribution < -0.4 is 4.74 Å². The molecule has 0 spiro atoms. The van der Waals surface area contributed by atoms with Gasteiger partial charge in [-0.1, -0.05) is 0 Å². The van der Waals surface area contributed by atoms with Gasteiger partial charge in [0.05, 0.1) is 12.2 Å². The minimum absolute atomic E-state index is 0.0296. The molecule has 5 nitrogen and oxygen atoms in total. The summed E-state index contributed by atoms with van der Waals surface area (Å²) in [7, 11) is 1.33. The largest absolute Gasteiger partial charge is 0.478 e. The maximum atomic E-state index is 13.5. The summed E-state index contributed by atoms with van der Waals surface area (Å²) < 4.78 is 23.2. The number of hydrogen-bond donors (Lipinski definition) is 1. The van der Waals surface area contributed by atoms with Gasteiger partial charge in [-0.3, -0.25) is 4.79 Å². The Labute approximate surface area is 103 Å². The van der Waals surface area contributed by atoms with Gasteiger partial charge in [0.2, 0.25) is 6.10 Å². The zero-order valence-electron chi connectivity index (χ0n) is 9.97. The SMILES string of the molecule is COCC(Oc1ccc(C(C)=O)c(F)c1)C(=O)O. The lowest BCUT2D eigenvalue weighted by Crippen LogP contribution is -2.31. The first-order chi connectivity index (χ1) is 8.45. The van der Waals surface area contributed by atoms with Crippen LogP contribution in [-0.4, -0.2) is 36.7 Å². The second-order valence-electron chi connectivity index (χ2n) is 3.60. The molecular weight excluding hydrogens is 243 g/mol. The number of Topliss-reactive ketones (excluding diaryl/α,β-unsaturated/α-hetero) is 1. The Morgan fingerprint density at radius 3 is 2.56 bits per heavy atom. The predicted octanol–water partition coefficient (Wildman–Crippen LogP) is 1.51. The van der Waals surface area contributed by atoms with Crippen LogP contribution in [0, 0.1) is 5.82 Å². The lowest BCUT2D eigenvalue weighted by atomic mass is 10.1. The van der Waals surface area contributed by atoms with Crippen LogP contribution in [0.25, 0.3) is 0 Å². The van der Waals surface area contributed by atoms with Crippen molar-refractivity contribution in [2.45, 2.75) is 13.0 Å². The van der Waals surface area contributed by atoms with E-state index in [1.807, 2.05) is 0 Å². The first-order valence-electron chi connectivity index (χ1n) is 5.14. The highest BCUT2D eigenvalue weighted by Crippen LogP contribution is 2.18. The normalized spacial score (nSPS) is 11.9. The fourth-order valence-electron chi connectivity index (χ4n) is 1.33. The van der Waals surface area contributed by atoms with Crippen molar-refractivity contribution in [1.82, 2.24) is 0 Å². The van der Waals surface area contributed by atoms with Crippen molar-refractivity contribution in [2.24, 2.45) is 0 Å². The molecule has 0 saturated carbocycles. The van der Waals surface area contributed by atoms with Gasteiger partial charge in [0.15, 0.2) is 5.78 Å². The maximum Gasteiger partial charge on any atom is 0.347 e. The van der Waals surface area contributed by atoms with Gasteiger partial charge in [0.25, 0.3) is 0 Å². The molecule has 98 valence electrons. The number of hydrogen-bond acceptors (Lipinski definition) is 4. The third-order valence-electron chi connectivity index (χ3n) is 2.19. The number of ether oxygens (including phenoxy) is 2. The number of halogens is 1. The molecule has 0 bridgehead atoms. The van der Waals surface area contributed by atoms with Crippen LogP contribution in [0.4, 0.5) is 4.39 Å². The van der Waals surface area contributed by atoms with Crippen LogP contribution in [0.3, 0.4) is 0 Å². The minimum Gasteiger partial charge on any atom is -0.478 e. The second kappa shape index (κ2) is 6.11. The van der Waals surface area contributed by atoms with E-state index in [1.165, 1.54) is 26.2 Å². The zero-order chi connectivity index (χ0) is 13.7. The molecule has 0 fully saturated rings. The van der Waals surface area contributed by atoms with E-state index < -0.39 is 23.7 Å². The Bertz CT molecular complexity index is 458. The molecule has 0 amide bonds. The van der Waals surface area contributed by atoms with Crippen LogP contribution in [0.2, 0.25) is 0 Å². The van der Waals surface area contributed by atoms with Gasteiger partial charge in [-0.05, 0) is 19.1 Å². The van der Waals surface area contributed by atoms with Crippen LogP contribution in [-0.2, 0) is 9.53 Å². The highest BCUT2D eigenvalue weighted by Gasteiger charge is 2.20. The number of carboxylic acid groups (broad SMARTS) is 1. The molecular formula is C12H13FO5. The first-order valence-corrected chi connectivity index (χ1v) is 5.14. The van der Waals surface area contributed by atoms with E-state index in [0.29, 0.717) is 0 Å². The summed E-state index contributed by atoms with van der Waals surface area (Å²) in [5.74, 6) is -2.35. The van der Waals surface area contributed by atoms with Crippen molar-refractivity contribution >= 4 is 11.8 Å². The van der Waals surface area contributed by atoms with Crippen molar-refractivity contribution in [3.8, 4) is 5.75 Å². The average molecular weight is 256 g/mol. The summed E-state index contributed by atoms with van der Waals surface area (Å²) in [5.41, 5.74) is -0.0685. The van der Waals surface area contributed by atoms with Gasteiger partial charge in [-0.25, -0.2) is 9.18 Å². The lowest BCUT2D eigenvalue weighted by molar-refractivity contribution is -0.147. The molecule has 0 aliphatic heterocycles. The summed E-state index contributed by atoms with van der Waals surface area (Å²) in [6.07, 6.45) is -1.22. The van der Waals surface area contributed by atoms with Crippen molar-refractivity contribution in [3.05, 3.63) is 29.6 Å². The monoisotopic (exact) mass is 256 g/mol. The molecule has 1 aromatic carbocycles. The number of rotatable bonds is 6. The minimum atomic E-state index is -1.22. The molecule has 1 aromatic rings. The Morgan fingerprint density at radius 1 is 1.44 bits per heavy atom. The summed E-state index contributed by atoms with van der Waals surface area (Å²) in [6.45, 7) is 1.08. The lowest BCUT2D eigenvalue weighted by Gasteiger charge is -2.14. The molecule has 0 aliphatic rings. The predicted molar refractivity (Wildman–Crippen MR) is 60.3 cm³/mol. The number of carboxylic acids is 1. The van der Waals surface area contributed by atoms with E-state index in [1.54, 1.807) is 0 Å². The Balaban J connectivity index is 2.88. The summed E-state index contributed by atoms with van der Waals surface area (Å²) in [6, 6.07) is 3.56. The number of carbonyl (C=O) groups excluding carboxylic acids is 1. The average Bonchev–Trinajstić information content (AvgIpc) is 2.27. The van der Waals surface area contributed by atoms with E-state index >= 15 is 0 Å². The molecule has 0 aromatic heterocycles. The number of aliphatic carboxylic acids is 1. The third-order valence-corrected chi connectivity index (χ3v) is 2.19. The summed E-state index contributed by atoms with van der Waals surface area (Å²) in [4.78, 5) is 21.8. The highest BCUT2D eigenvalue weighted by molar-refractivity contribution is 5.94. The van der Waals surface area contributed by atoms with Crippen molar-refractivity contribution in [2.75, 3.05) is 13.7 Å². The first kappa shape index (κ1) is 14.1. The van der Waals surface area contributed by atoms with Gasteiger partial charge >= 0.3 is 5.97 Å². The van der Waals surface area contributed by atoms with E-state index in [4.69, 9.17) is 9.84 Å². The Kier molecular flexibility index (Phi) is 4.79. The molecule has 1 N–H and O–H groups in total. The number of carbonyl (C=O) groups is 2. The summed E-state index contributed by atoms with van der Waals surface area (Å²) in [5, 5.41) is 8.82. The number of ketones is 1. The summed E-state index contributed by atoms with van der Waals surface area (Å²) >= 11 is 0. The van der Waals surface area contributed by atoms with E-state index in [-0.39, 0.29) is 17.9 Å². The molecule has 1 atom stereocenters. The van der Waals surface area contributed by atoms with E-state index in [0.717, 1.165) is 6.07 Å². The van der Waals surface area contributed by atoms with E-state index in [9.17, 15) is 14.0 Å². The quantitative estimate of drug-likeness (QED) is 0.781. The molecule has 1 rings (SSSR count).